The van der Waals surface area contributed by atoms with Crippen molar-refractivity contribution in [1.82, 2.24) is 9.88 Å². The van der Waals surface area contributed by atoms with E-state index in [1.165, 1.54) is 17.8 Å². The number of rotatable bonds is 5. The summed E-state index contributed by atoms with van der Waals surface area (Å²) < 4.78 is 10.6. The van der Waals surface area contributed by atoms with Gasteiger partial charge in [0.1, 0.15) is 11.1 Å². The van der Waals surface area contributed by atoms with Gasteiger partial charge in [-0.05, 0) is 33.8 Å². The van der Waals surface area contributed by atoms with Gasteiger partial charge in [-0.2, -0.15) is 5.26 Å². The summed E-state index contributed by atoms with van der Waals surface area (Å²) in [5.74, 6) is -0.341. The molecule has 0 saturated carbocycles. The van der Waals surface area contributed by atoms with E-state index in [9.17, 15) is 14.9 Å². The Balaban J connectivity index is 2.09. The predicted molar refractivity (Wildman–Crippen MR) is 97.0 cm³/mol. The fourth-order valence-corrected chi connectivity index (χ4v) is 3.70. The van der Waals surface area contributed by atoms with Crippen LogP contribution in [0.15, 0.2) is 11.1 Å². The zero-order valence-electron chi connectivity index (χ0n) is 15.4. The Bertz CT molecular complexity index is 722. The first-order valence-corrected chi connectivity index (χ1v) is 9.49. The molecule has 1 aromatic rings. The van der Waals surface area contributed by atoms with Crippen molar-refractivity contribution in [2.24, 2.45) is 0 Å². The van der Waals surface area contributed by atoms with Crippen LogP contribution < -0.4 is 0 Å². The van der Waals surface area contributed by atoms with Crippen LogP contribution in [0, 0.1) is 18.3 Å². The molecule has 1 amide bonds. The second kappa shape index (κ2) is 9.01. The average Bonchev–Trinajstić information content (AvgIpc) is 2.58. The van der Waals surface area contributed by atoms with Crippen LogP contribution in [0.1, 0.15) is 42.4 Å². The lowest BCUT2D eigenvalue weighted by atomic mass is 10.1. The van der Waals surface area contributed by atoms with E-state index in [2.05, 4.69) is 4.98 Å². The predicted octanol–water partition coefficient (Wildman–Crippen LogP) is 2.17. The van der Waals surface area contributed by atoms with Crippen molar-refractivity contribution in [3.05, 3.63) is 22.9 Å². The van der Waals surface area contributed by atoms with Crippen LogP contribution in [0.4, 0.5) is 0 Å². The van der Waals surface area contributed by atoms with Gasteiger partial charge in [-0.15, -0.1) is 0 Å². The average molecular weight is 377 g/mol. The summed E-state index contributed by atoms with van der Waals surface area (Å²) in [6.07, 6.45) is 0.0122. The first kappa shape index (κ1) is 20.2. The molecule has 1 aliphatic heterocycles. The number of carbonyl (C=O) groups excluding carboxylic acids is 2. The van der Waals surface area contributed by atoms with Crippen LogP contribution in [0.5, 0.6) is 0 Å². The number of nitrogens with zero attached hydrogens (tertiary/aromatic N) is 3. The largest absolute Gasteiger partial charge is 0.462 e. The molecule has 0 aliphatic carbocycles. The maximum absolute atomic E-state index is 12.5. The second-order valence-corrected chi connectivity index (χ2v) is 7.12. The second-order valence-electron chi connectivity index (χ2n) is 6.15. The highest BCUT2D eigenvalue weighted by molar-refractivity contribution is 8.00. The quantitative estimate of drug-likeness (QED) is 0.573. The highest BCUT2D eigenvalue weighted by Gasteiger charge is 2.26. The lowest BCUT2D eigenvalue weighted by molar-refractivity contribution is -0.140. The number of aromatic nitrogens is 1. The van der Waals surface area contributed by atoms with Gasteiger partial charge >= 0.3 is 5.97 Å². The number of aryl methyl sites for hydroxylation is 1. The summed E-state index contributed by atoms with van der Waals surface area (Å²) in [5, 5.41) is 9.81. The fraction of sp³-hybridized carbons (Fsp3) is 0.556. The van der Waals surface area contributed by atoms with Crippen molar-refractivity contribution in [3.63, 3.8) is 0 Å². The molecule has 2 unspecified atom stereocenters. The van der Waals surface area contributed by atoms with Gasteiger partial charge < -0.3 is 14.4 Å². The lowest BCUT2D eigenvalue weighted by Gasteiger charge is -2.35. The van der Waals surface area contributed by atoms with Crippen LogP contribution in [-0.2, 0) is 14.3 Å². The van der Waals surface area contributed by atoms with Crippen molar-refractivity contribution < 1.29 is 19.1 Å². The molecular weight excluding hydrogens is 354 g/mol. The van der Waals surface area contributed by atoms with Crippen molar-refractivity contribution in [2.45, 2.75) is 44.9 Å². The first-order valence-electron chi connectivity index (χ1n) is 8.50. The van der Waals surface area contributed by atoms with Crippen molar-refractivity contribution >= 4 is 23.6 Å². The third-order valence-corrected chi connectivity index (χ3v) is 4.87. The molecule has 7 nitrogen and oxygen atoms in total. The Hall–Kier alpha value is -2.11. The number of nitriles is 1. The van der Waals surface area contributed by atoms with Gasteiger partial charge in [-0.25, -0.2) is 9.78 Å². The molecule has 0 aromatic carbocycles. The maximum atomic E-state index is 12.5. The molecule has 2 heterocycles. The third-order valence-electron chi connectivity index (χ3n) is 3.90. The summed E-state index contributed by atoms with van der Waals surface area (Å²) in [4.78, 5) is 30.5. The highest BCUT2D eigenvalue weighted by atomic mass is 32.2. The molecular formula is C18H23N3O4S. The van der Waals surface area contributed by atoms with Crippen molar-refractivity contribution in [1.29, 1.82) is 5.26 Å². The standard InChI is InChI=1S/C18H23N3O4S/c1-5-24-18(23)15-6-14(7-19)17(20-13(15)4)26-10-16(22)21-8-11(2)25-12(3)9-21/h6,11-12H,5,8-10H2,1-4H3. The van der Waals surface area contributed by atoms with E-state index < -0.39 is 5.97 Å². The van der Waals surface area contributed by atoms with Crippen LogP contribution in [0.3, 0.4) is 0 Å². The summed E-state index contributed by atoms with van der Waals surface area (Å²) in [6, 6.07) is 3.52. The number of hydrogen-bond donors (Lipinski definition) is 0. The van der Waals surface area contributed by atoms with Crippen molar-refractivity contribution in [2.75, 3.05) is 25.4 Å². The SMILES string of the molecule is CCOC(=O)c1cc(C#N)c(SCC(=O)N2CC(C)OC(C)C2)nc1C. The number of ether oxygens (including phenoxy) is 2. The maximum Gasteiger partial charge on any atom is 0.340 e. The zero-order valence-corrected chi connectivity index (χ0v) is 16.3. The normalized spacial score (nSPS) is 19.7. The minimum atomic E-state index is -0.502. The third kappa shape index (κ3) is 4.96. The van der Waals surface area contributed by atoms with Crippen LogP contribution in [-0.4, -0.2) is 59.4 Å². The molecule has 2 rings (SSSR count). The smallest absolute Gasteiger partial charge is 0.340 e. The number of amides is 1. The summed E-state index contributed by atoms with van der Waals surface area (Å²) >= 11 is 1.21. The number of esters is 1. The Labute approximate surface area is 157 Å². The fourth-order valence-electron chi connectivity index (χ4n) is 2.79. The molecule has 1 fully saturated rings. The lowest BCUT2D eigenvalue weighted by Crippen LogP contribution is -2.48. The summed E-state index contributed by atoms with van der Waals surface area (Å²) in [6.45, 7) is 8.65. The minimum Gasteiger partial charge on any atom is -0.462 e. The number of thioether (sulfide) groups is 1. The molecule has 26 heavy (non-hydrogen) atoms. The van der Waals surface area contributed by atoms with Gasteiger partial charge in [-0.3, -0.25) is 4.79 Å². The molecule has 0 spiro atoms. The van der Waals surface area contributed by atoms with E-state index in [1.807, 2.05) is 19.9 Å². The number of morpholine rings is 1. The minimum absolute atomic E-state index is 0.00611. The Kier molecular flexibility index (Phi) is 7.00. The van der Waals surface area contributed by atoms with E-state index in [1.54, 1.807) is 18.7 Å². The van der Waals surface area contributed by atoms with Gasteiger partial charge in [0.25, 0.3) is 0 Å². The molecule has 1 saturated heterocycles. The van der Waals surface area contributed by atoms with Crippen LogP contribution in [0.25, 0.3) is 0 Å². The van der Waals surface area contributed by atoms with Gasteiger partial charge in [0, 0.05) is 13.1 Å². The molecule has 8 heteroatoms. The molecule has 0 N–H and O–H groups in total. The summed E-state index contributed by atoms with van der Waals surface area (Å²) in [7, 11) is 0. The number of pyridine rings is 1. The number of carbonyl (C=O) groups is 2. The topological polar surface area (TPSA) is 92.5 Å². The molecule has 140 valence electrons. The molecule has 1 aliphatic rings. The number of hydrogen-bond acceptors (Lipinski definition) is 7. The van der Waals surface area contributed by atoms with E-state index in [4.69, 9.17) is 9.47 Å². The Morgan fingerprint density at radius 3 is 2.65 bits per heavy atom. The Morgan fingerprint density at radius 2 is 2.08 bits per heavy atom. The van der Waals surface area contributed by atoms with Gasteiger partial charge in [0.05, 0.1) is 41.4 Å². The molecule has 1 aromatic heterocycles. The van der Waals surface area contributed by atoms with E-state index in [0.29, 0.717) is 23.8 Å². The zero-order chi connectivity index (χ0) is 19.3. The molecule has 0 bridgehead atoms. The van der Waals surface area contributed by atoms with Crippen LogP contribution >= 0.6 is 11.8 Å². The van der Waals surface area contributed by atoms with E-state index in [-0.39, 0.29) is 41.6 Å². The summed E-state index contributed by atoms with van der Waals surface area (Å²) in [5.41, 5.74) is 1.01. The van der Waals surface area contributed by atoms with Crippen molar-refractivity contribution in [3.8, 4) is 6.07 Å². The van der Waals surface area contributed by atoms with E-state index in [0.717, 1.165) is 0 Å². The van der Waals surface area contributed by atoms with Gasteiger partial charge in [0.15, 0.2) is 0 Å². The van der Waals surface area contributed by atoms with Gasteiger partial charge in [-0.1, -0.05) is 11.8 Å². The molecule has 0 radical (unpaired) electrons. The highest BCUT2D eigenvalue weighted by Crippen LogP contribution is 2.24. The monoisotopic (exact) mass is 377 g/mol. The Morgan fingerprint density at radius 1 is 1.42 bits per heavy atom. The first-order chi connectivity index (χ1) is 12.3. The van der Waals surface area contributed by atoms with Crippen LogP contribution in [0.2, 0.25) is 0 Å². The van der Waals surface area contributed by atoms with Gasteiger partial charge in [0.2, 0.25) is 5.91 Å². The van der Waals surface area contributed by atoms with E-state index >= 15 is 0 Å². The molecule has 2 atom stereocenters.